The van der Waals surface area contributed by atoms with E-state index >= 15 is 0 Å². The van der Waals surface area contributed by atoms with Gasteiger partial charge < -0.3 is 24.5 Å². The molecule has 0 aromatic heterocycles. The zero-order valence-corrected chi connectivity index (χ0v) is 29.9. The number of ether oxygens (including phenoxy) is 1. The Labute approximate surface area is 278 Å². The zero-order chi connectivity index (χ0) is 34.3. The van der Waals surface area contributed by atoms with Crippen LogP contribution in [0.2, 0.25) is 0 Å². The van der Waals surface area contributed by atoms with Gasteiger partial charge in [0.2, 0.25) is 0 Å². The van der Waals surface area contributed by atoms with Gasteiger partial charge >= 0.3 is 34.0 Å². The molecule has 0 saturated carbocycles. The molecule has 16 nitrogen and oxygen atoms in total. The molecule has 0 saturated heterocycles. The highest BCUT2D eigenvalue weighted by Gasteiger charge is 2.62. The Morgan fingerprint density at radius 1 is 1.09 bits per heavy atom. The van der Waals surface area contributed by atoms with Crippen molar-refractivity contribution in [3.63, 3.8) is 0 Å². The molecule has 0 radical (unpaired) electrons. The Bertz CT molecular complexity index is 1200. The Morgan fingerprint density at radius 3 is 2.16 bits per heavy atom. The van der Waals surface area contributed by atoms with E-state index in [0.29, 0.717) is 31.5 Å². The van der Waals surface area contributed by atoms with E-state index in [9.17, 15) is 43.6 Å². The molecule has 0 aliphatic heterocycles. The van der Waals surface area contributed by atoms with Crippen molar-refractivity contribution in [3.05, 3.63) is 33.9 Å². The maximum Gasteiger partial charge on any atom is 0.554 e. The van der Waals surface area contributed by atoms with Gasteiger partial charge in [-0.15, -0.1) is 34.8 Å². The van der Waals surface area contributed by atoms with E-state index in [1.54, 1.807) is 21.3 Å². The van der Waals surface area contributed by atoms with Gasteiger partial charge in [-0.05, 0) is 36.6 Å². The molecule has 3 unspecified atom stereocenters. The monoisotopic (exact) mass is 759 g/mol. The minimum absolute atomic E-state index is 0.0155. The van der Waals surface area contributed by atoms with Crippen molar-refractivity contribution in [1.82, 2.24) is 19.4 Å². The minimum atomic E-state index is -5.27. The van der Waals surface area contributed by atoms with Gasteiger partial charge in [0, 0.05) is 68.5 Å². The molecule has 0 heterocycles. The fourth-order valence-electron chi connectivity index (χ4n) is 4.00. The number of alkyl halides is 3. The minimum Gasteiger partial charge on any atom is -0.487 e. The first-order valence-electron chi connectivity index (χ1n) is 13.7. The normalized spacial score (nSPS) is 15.4. The van der Waals surface area contributed by atoms with Crippen LogP contribution in [0.1, 0.15) is 31.7 Å². The molecular formula is C23H41Cl3N6O10P3+. The lowest BCUT2D eigenvalue weighted by atomic mass is 10.2. The van der Waals surface area contributed by atoms with E-state index in [1.165, 1.54) is 24.4 Å². The third-order valence-electron chi connectivity index (χ3n) is 6.40. The van der Waals surface area contributed by atoms with Gasteiger partial charge in [-0.2, -0.15) is 9.99 Å². The third kappa shape index (κ3) is 12.9. The van der Waals surface area contributed by atoms with E-state index < -0.39 is 39.6 Å². The van der Waals surface area contributed by atoms with E-state index in [2.05, 4.69) is 10.3 Å². The second kappa shape index (κ2) is 20.4. The Kier molecular flexibility index (Phi) is 19.1. The number of rotatable bonds is 24. The van der Waals surface area contributed by atoms with Crippen molar-refractivity contribution in [2.24, 2.45) is 5.10 Å². The molecule has 0 aliphatic carbocycles. The number of nitrogens with zero attached hydrogens (tertiary/aromatic N) is 5. The summed E-state index contributed by atoms with van der Waals surface area (Å²) in [4.78, 5) is 40.4. The Hall–Kier alpha value is -0.960. The summed E-state index contributed by atoms with van der Waals surface area (Å²) in [5.74, 6) is 0.603. The smallest absolute Gasteiger partial charge is 0.487 e. The average molecular weight is 761 g/mol. The van der Waals surface area contributed by atoms with Gasteiger partial charge in [0.15, 0.2) is 5.75 Å². The van der Waals surface area contributed by atoms with Crippen LogP contribution < -0.4 is 9.93 Å². The van der Waals surface area contributed by atoms with Crippen LogP contribution in [0.15, 0.2) is 23.3 Å². The molecule has 258 valence electrons. The first kappa shape index (κ1) is 42.1. The first-order valence-corrected chi connectivity index (χ1v) is 19.8. The molecule has 0 bridgehead atoms. The molecule has 45 heavy (non-hydrogen) atoms. The largest absolute Gasteiger partial charge is 0.554 e. The number of hydrogen-bond acceptors (Lipinski definition) is 9. The van der Waals surface area contributed by atoms with Gasteiger partial charge in [-0.25, -0.2) is 14.5 Å². The van der Waals surface area contributed by atoms with Crippen LogP contribution in [0.25, 0.3) is 0 Å². The van der Waals surface area contributed by atoms with Crippen LogP contribution in [0.4, 0.5) is 5.69 Å². The van der Waals surface area contributed by atoms with Crippen molar-refractivity contribution in [2.75, 3.05) is 70.6 Å². The number of hydrogen-bond donors (Lipinski definition) is 5. The summed E-state index contributed by atoms with van der Waals surface area (Å²) >= 11 is 17.9. The molecule has 0 fully saturated rings. The van der Waals surface area contributed by atoms with Gasteiger partial charge in [-0.3, -0.25) is 19.2 Å². The Morgan fingerprint density at radius 2 is 1.67 bits per heavy atom. The average Bonchev–Trinajstić information content (AvgIpc) is 2.97. The van der Waals surface area contributed by atoms with Crippen molar-refractivity contribution < 1.29 is 43.1 Å². The molecule has 0 amide bonds. The van der Waals surface area contributed by atoms with Crippen molar-refractivity contribution in [2.45, 2.75) is 31.3 Å². The van der Waals surface area contributed by atoms with Crippen molar-refractivity contribution >= 4 is 69.9 Å². The summed E-state index contributed by atoms with van der Waals surface area (Å²) in [5, 5.41) is 25.6. The van der Waals surface area contributed by atoms with Crippen molar-refractivity contribution in [3.8, 4) is 5.75 Å². The van der Waals surface area contributed by atoms with Gasteiger partial charge in [0.25, 0.3) is 0 Å². The summed E-state index contributed by atoms with van der Waals surface area (Å²) in [6.07, 6.45) is 1.66. The van der Waals surface area contributed by atoms with E-state index in [4.69, 9.17) is 39.5 Å². The van der Waals surface area contributed by atoms with Crippen LogP contribution in [0.5, 0.6) is 5.75 Å². The lowest BCUT2D eigenvalue weighted by Gasteiger charge is -2.37. The highest BCUT2D eigenvalue weighted by atomic mass is 35.5. The van der Waals surface area contributed by atoms with E-state index in [1.807, 2.05) is 6.92 Å². The van der Waals surface area contributed by atoms with E-state index in [-0.39, 0.29) is 61.9 Å². The summed E-state index contributed by atoms with van der Waals surface area (Å²) in [5.41, 5.74) is -0.0113. The third-order valence-corrected chi connectivity index (χ3v) is 12.9. The number of nitro benzene ring substituents is 1. The SMILES string of the molecule is CCCN(CCCl)P(=O)(N/N=C/c1ccc(OCCCN(C)CCC(O)([P+](=O)O)P(=O)(O)O)c([N+](=O)[O-])c1)N(CCCl)CCCl. The summed E-state index contributed by atoms with van der Waals surface area (Å²) in [6, 6.07) is 4.17. The second-order valence-electron chi connectivity index (χ2n) is 9.71. The molecule has 22 heteroatoms. The fraction of sp³-hybridized carbons (Fsp3) is 0.696. The number of aliphatic hydroxyl groups is 1. The molecule has 0 aliphatic rings. The van der Waals surface area contributed by atoms with Gasteiger partial charge in [0.1, 0.15) is 0 Å². The van der Waals surface area contributed by atoms with Crippen molar-refractivity contribution in [1.29, 1.82) is 0 Å². The predicted molar refractivity (Wildman–Crippen MR) is 176 cm³/mol. The number of hydrazone groups is 1. The predicted octanol–water partition coefficient (Wildman–Crippen LogP) is 4.01. The zero-order valence-electron chi connectivity index (χ0n) is 25.0. The van der Waals surface area contributed by atoms with Gasteiger partial charge in [-0.1, -0.05) is 6.92 Å². The van der Waals surface area contributed by atoms with Crippen LogP contribution in [-0.2, 0) is 13.7 Å². The Balaban J connectivity index is 2.96. The summed E-state index contributed by atoms with van der Waals surface area (Å²) in [6.45, 7) is 3.44. The van der Waals surface area contributed by atoms with Gasteiger partial charge in [0.05, 0.1) is 24.2 Å². The van der Waals surface area contributed by atoms with Crippen LogP contribution in [0, 0.1) is 10.1 Å². The number of nitrogens with one attached hydrogen (secondary N) is 1. The summed E-state index contributed by atoms with van der Waals surface area (Å²) in [7, 11) is -10.8. The molecule has 0 spiro atoms. The summed E-state index contributed by atoms with van der Waals surface area (Å²) < 4.78 is 45.9. The van der Waals surface area contributed by atoms with Crippen LogP contribution in [0.3, 0.4) is 0 Å². The lowest BCUT2D eigenvalue weighted by molar-refractivity contribution is -0.385. The molecule has 3 atom stereocenters. The first-order chi connectivity index (χ1) is 21.1. The standard InChI is InChI=1S/C23H40Cl3N6O10P3/c1-3-11-30(14-8-24)45(41,31(15-9-25)16-10-26)28-27-19-20-5-6-22(21(18-20)32(34)35)42-17-4-12-29(2)13-7-23(33,43(36)37)44(38,39)40/h5-6,18-19,33H,3-4,7-17H2,1-2H3,(H3-,28,36,37,38,39,40,41)/p+1/b27-19+. The quantitative estimate of drug-likeness (QED) is 0.0251. The maximum atomic E-state index is 14.2. The molecule has 1 aromatic rings. The maximum absolute atomic E-state index is 14.2. The fourth-order valence-corrected chi connectivity index (χ4v) is 8.95. The topological polar surface area (TPSA) is 219 Å². The van der Waals surface area contributed by atoms with Crippen LogP contribution >= 0.6 is 58.0 Å². The lowest BCUT2D eigenvalue weighted by Crippen LogP contribution is -2.40. The highest BCUT2D eigenvalue weighted by Crippen LogP contribution is 2.61. The molecule has 5 N–H and O–H groups in total. The molecule has 1 aromatic carbocycles. The van der Waals surface area contributed by atoms with E-state index in [0.717, 1.165) is 0 Å². The molecular weight excluding hydrogens is 720 g/mol. The number of halogens is 3. The van der Waals surface area contributed by atoms with Crippen LogP contribution in [-0.4, -0.2) is 121 Å². The highest BCUT2D eigenvalue weighted by molar-refractivity contribution is 7.66. The number of benzene rings is 1. The second-order valence-corrected chi connectivity index (χ2v) is 16.7. The number of nitro groups is 1. The molecule has 1 rings (SSSR count).